The Morgan fingerprint density at radius 1 is 1.47 bits per heavy atom. The van der Waals surface area contributed by atoms with Gasteiger partial charge < -0.3 is 10.6 Å². The Morgan fingerprint density at radius 2 is 2.33 bits per heavy atom. The minimum atomic E-state index is 0.605. The molecule has 1 aliphatic heterocycles. The predicted molar refractivity (Wildman–Crippen MR) is 65.5 cm³/mol. The van der Waals surface area contributed by atoms with Gasteiger partial charge in [-0.05, 0) is 44.0 Å². The maximum Gasteiger partial charge on any atom is 0.0426 e. The average Bonchev–Trinajstić information content (AvgIpc) is 2.66. The van der Waals surface area contributed by atoms with Gasteiger partial charge in [0.15, 0.2) is 0 Å². The van der Waals surface area contributed by atoms with Crippen LogP contribution in [0.1, 0.15) is 19.3 Å². The van der Waals surface area contributed by atoms with Gasteiger partial charge in [-0.15, -0.1) is 0 Å². The van der Waals surface area contributed by atoms with E-state index in [1.165, 1.54) is 18.5 Å². The predicted octanol–water partition coefficient (Wildman–Crippen LogP) is 2.66. The number of hydrogen-bond donors (Lipinski definition) is 1. The lowest BCUT2D eigenvalue weighted by atomic mass is 10.1. The summed E-state index contributed by atoms with van der Waals surface area (Å²) < 4.78 is 0. The van der Waals surface area contributed by atoms with Gasteiger partial charge in [0.25, 0.3) is 0 Å². The second kappa shape index (κ2) is 4.86. The molecule has 0 spiro atoms. The van der Waals surface area contributed by atoms with Gasteiger partial charge in [-0.1, -0.05) is 17.7 Å². The molecule has 0 aromatic heterocycles. The van der Waals surface area contributed by atoms with Gasteiger partial charge in [0.2, 0.25) is 0 Å². The number of halogens is 1. The number of anilines is 1. The van der Waals surface area contributed by atoms with Gasteiger partial charge in [0.05, 0.1) is 0 Å². The number of nitrogens with two attached hydrogens (primary N) is 1. The van der Waals surface area contributed by atoms with Crippen molar-refractivity contribution in [1.82, 2.24) is 0 Å². The van der Waals surface area contributed by atoms with Crippen LogP contribution in [-0.2, 0) is 0 Å². The smallest absolute Gasteiger partial charge is 0.0426 e. The molecular formula is C12H17ClN2. The zero-order valence-electron chi connectivity index (χ0n) is 8.82. The van der Waals surface area contributed by atoms with Crippen molar-refractivity contribution in [2.45, 2.75) is 25.3 Å². The summed E-state index contributed by atoms with van der Waals surface area (Å²) in [4.78, 5) is 2.43. The Kier molecular flexibility index (Phi) is 3.49. The van der Waals surface area contributed by atoms with Crippen LogP contribution in [-0.4, -0.2) is 19.1 Å². The molecule has 1 aliphatic rings. The van der Waals surface area contributed by atoms with Crippen molar-refractivity contribution in [2.24, 2.45) is 5.73 Å². The van der Waals surface area contributed by atoms with Gasteiger partial charge in [0, 0.05) is 23.3 Å². The summed E-state index contributed by atoms with van der Waals surface area (Å²) in [5.41, 5.74) is 6.86. The molecule has 0 amide bonds. The highest BCUT2D eigenvalue weighted by Crippen LogP contribution is 2.28. The molecule has 2 nitrogen and oxygen atoms in total. The highest BCUT2D eigenvalue weighted by molar-refractivity contribution is 6.30. The molecule has 82 valence electrons. The first-order chi connectivity index (χ1) is 7.31. The Balaban J connectivity index is 2.15. The van der Waals surface area contributed by atoms with E-state index in [1.807, 2.05) is 18.2 Å². The lowest BCUT2D eigenvalue weighted by molar-refractivity contribution is 0.618. The molecule has 0 saturated carbocycles. The second-order valence-corrected chi connectivity index (χ2v) is 4.48. The van der Waals surface area contributed by atoms with Crippen molar-refractivity contribution in [3.8, 4) is 0 Å². The van der Waals surface area contributed by atoms with Crippen molar-refractivity contribution < 1.29 is 0 Å². The van der Waals surface area contributed by atoms with Crippen LogP contribution >= 0.6 is 11.6 Å². The van der Waals surface area contributed by atoms with Crippen LogP contribution in [0.2, 0.25) is 5.02 Å². The Hall–Kier alpha value is -0.730. The van der Waals surface area contributed by atoms with E-state index in [9.17, 15) is 0 Å². The fraction of sp³-hybridized carbons (Fsp3) is 0.500. The molecule has 0 bridgehead atoms. The van der Waals surface area contributed by atoms with Gasteiger partial charge >= 0.3 is 0 Å². The number of hydrogen-bond acceptors (Lipinski definition) is 2. The van der Waals surface area contributed by atoms with E-state index < -0.39 is 0 Å². The zero-order chi connectivity index (χ0) is 10.7. The summed E-state index contributed by atoms with van der Waals surface area (Å²) in [6.07, 6.45) is 3.59. The van der Waals surface area contributed by atoms with Crippen molar-refractivity contribution in [2.75, 3.05) is 18.0 Å². The third kappa shape index (κ3) is 2.44. The van der Waals surface area contributed by atoms with Gasteiger partial charge in [0.1, 0.15) is 0 Å². The monoisotopic (exact) mass is 224 g/mol. The molecule has 2 N–H and O–H groups in total. The molecule has 15 heavy (non-hydrogen) atoms. The first-order valence-electron chi connectivity index (χ1n) is 5.53. The quantitative estimate of drug-likeness (QED) is 0.856. The Morgan fingerprint density at radius 3 is 3.07 bits per heavy atom. The molecular weight excluding hydrogens is 208 g/mol. The molecule has 3 heteroatoms. The molecule has 1 saturated heterocycles. The molecule has 1 atom stereocenters. The topological polar surface area (TPSA) is 29.3 Å². The van der Waals surface area contributed by atoms with E-state index in [0.717, 1.165) is 24.5 Å². The van der Waals surface area contributed by atoms with Gasteiger partial charge in [-0.25, -0.2) is 0 Å². The van der Waals surface area contributed by atoms with E-state index >= 15 is 0 Å². The van der Waals surface area contributed by atoms with Crippen molar-refractivity contribution in [3.05, 3.63) is 29.3 Å². The Labute approximate surface area is 96.0 Å². The molecule has 1 unspecified atom stereocenters. The van der Waals surface area contributed by atoms with Crippen LogP contribution in [0, 0.1) is 0 Å². The standard InChI is InChI=1S/C12H17ClN2/c13-10-3-1-4-12(9-10)15-8-2-5-11(15)6-7-14/h1,3-4,9,11H,2,5-8,14H2. The first-order valence-corrected chi connectivity index (χ1v) is 5.91. The third-order valence-electron chi connectivity index (χ3n) is 3.02. The SMILES string of the molecule is NCCC1CCCN1c1cccc(Cl)c1. The van der Waals surface area contributed by atoms with Gasteiger partial charge in [-0.3, -0.25) is 0 Å². The minimum Gasteiger partial charge on any atom is -0.368 e. The fourth-order valence-electron chi connectivity index (χ4n) is 2.32. The molecule has 2 rings (SSSR count). The lowest BCUT2D eigenvalue weighted by Gasteiger charge is -2.26. The fourth-order valence-corrected chi connectivity index (χ4v) is 2.51. The zero-order valence-corrected chi connectivity index (χ0v) is 9.58. The first kappa shape index (κ1) is 10.8. The van der Waals surface area contributed by atoms with E-state index in [2.05, 4.69) is 11.0 Å². The van der Waals surface area contributed by atoms with Gasteiger partial charge in [-0.2, -0.15) is 0 Å². The summed E-state index contributed by atoms with van der Waals surface area (Å²) >= 11 is 6.00. The molecule has 1 aromatic rings. The second-order valence-electron chi connectivity index (χ2n) is 4.05. The van der Waals surface area contributed by atoms with Crippen molar-refractivity contribution in [1.29, 1.82) is 0 Å². The summed E-state index contributed by atoms with van der Waals surface area (Å²) in [5, 5.41) is 0.811. The highest BCUT2D eigenvalue weighted by Gasteiger charge is 2.23. The maximum atomic E-state index is 6.00. The largest absolute Gasteiger partial charge is 0.368 e. The lowest BCUT2D eigenvalue weighted by Crippen LogP contribution is -2.30. The van der Waals surface area contributed by atoms with Crippen molar-refractivity contribution in [3.63, 3.8) is 0 Å². The molecule has 1 aromatic carbocycles. The van der Waals surface area contributed by atoms with E-state index in [-0.39, 0.29) is 0 Å². The Bertz CT molecular complexity index is 327. The summed E-state index contributed by atoms with van der Waals surface area (Å²) in [7, 11) is 0. The van der Waals surface area contributed by atoms with E-state index in [1.54, 1.807) is 0 Å². The van der Waals surface area contributed by atoms with Crippen LogP contribution in [0.3, 0.4) is 0 Å². The van der Waals surface area contributed by atoms with Crippen LogP contribution in [0.25, 0.3) is 0 Å². The van der Waals surface area contributed by atoms with Crippen LogP contribution in [0.15, 0.2) is 24.3 Å². The molecule has 1 fully saturated rings. The van der Waals surface area contributed by atoms with Crippen molar-refractivity contribution >= 4 is 17.3 Å². The van der Waals surface area contributed by atoms with E-state index in [0.29, 0.717) is 6.04 Å². The number of nitrogens with zero attached hydrogens (tertiary/aromatic N) is 1. The third-order valence-corrected chi connectivity index (χ3v) is 3.25. The average molecular weight is 225 g/mol. The molecule has 0 aliphatic carbocycles. The number of rotatable bonds is 3. The van der Waals surface area contributed by atoms with Crippen LogP contribution in [0.5, 0.6) is 0 Å². The summed E-state index contributed by atoms with van der Waals surface area (Å²) in [5.74, 6) is 0. The van der Waals surface area contributed by atoms with Crippen LogP contribution in [0.4, 0.5) is 5.69 Å². The maximum absolute atomic E-state index is 6.00. The normalized spacial score (nSPS) is 20.9. The number of benzene rings is 1. The van der Waals surface area contributed by atoms with E-state index in [4.69, 9.17) is 17.3 Å². The highest BCUT2D eigenvalue weighted by atomic mass is 35.5. The summed E-state index contributed by atoms with van der Waals surface area (Å²) in [6.45, 7) is 1.90. The summed E-state index contributed by atoms with van der Waals surface area (Å²) in [6, 6.07) is 8.69. The molecule has 0 radical (unpaired) electrons. The molecule has 1 heterocycles. The minimum absolute atomic E-state index is 0.605. The van der Waals surface area contributed by atoms with Crippen LogP contribution < -0.4 is 10.6 Å².